The number of carboxylic acid groups (broad SMARTS) is 3. The first kappa shape index (κ1) is 20.4. The molecule has 10 nitrogen and oxygen atoms in total. The molecule has 11 heteroatoms. The summed E-state index contributed by atoms with van der Waals surface area (Å²) in [4.78, 5) is 41.7. The molecule has 0 aromatic rings. The van der Waals surface area contributed by atoms with Crippen molar-refractivity contribution in [3.63, 3.8) is 0 Å². The molecular formula is C8H8CaO10. The van der Waals surface area contributed by atoms with Crippen LogP contribution in [0, 0.1) is 0 Å². The van der Waals surface area contributed by atoms with E-state index in [0.29, 0.717) is 0 Å². The van der Waals surface area contributed by atoms with E-state index in [9.17, 15) is 29.4 Å². The number of rotatable bonds is 7. The van der Waals surface area contributed by atoms with Crippen LogP contribution >= 0.6 is 0 Å². The molecule has 3 N–H and O–H groups in total. The second-order valence-corrected chi connectivity index (χ2v) is 3.05. The summed E-state index contributed by atoms with van der Waals surface area (Å²) in [5.74, 6) is -7.80. The summed E-state index contributed by atoms with van der Waals surface area (Å²) in [5.41, 5.74) is 0. The Hall–Kier alpha value is -0.940. The second-order valence-electron chi connectivity index (χ2n) is 3.05. The van der Waals surface area contributed by atoms with Gasteiger partial charge in [0.05, 0.1) is 18.4 Å². The van der Waals surface area contributed by atoms with Crippen LogP contribution in [0.4, 0.5) is 0 Å². The van der Waals surface area contributed by atoms with Gasteiger partial charge in [0.15, 0.2) is 12.2 Å². The van der Waals surface area contributed by atoms with Gasteiger partial charge in [0, 0.05) is 0 Å². The average Bonchev–Trinajstić information content (AvgIpc) is 2.22. The van der Waals surface area contributed by atoms with Gasteiger partial charge < -0.3 is 39.9 Å². The van der Waals surface area contributed by atoms with E-state index in [-0.39, 0.29) is 37.7 Å². The third-order valence-corrected chi connectivity index (χ3v) is 1.64. The van der Waals surface area contributed by atoms with Gasteiger partial charge in [-0.25, -0.2) is 4.79 Å². The fourth-order valence-corrected chi connectivity index (χ4v) is 0.817. The smallest absolute Gasteiger partial charge is 0.547 e. The van der Waals surface area contributed by atoms with Gasteiger partial charge in [-0.3, -0.25) is 4.79 Å². The van der Waals surface area contributed by atoms with E-state index in [1.54, 1.807) is 0 Å². The van der Waals surface area contributed by atoms with Crippen LogP contribution in [0.5, 0.6) is 0 Å². The normalized spacial score (nSPS) is 14.4. The summed E-state index contributed by atoms with van der Waals surface area (Å²) >= 11 is 0. The predicted molar refractivity (Wildman–Crippen MR) is 49.9 cm³/mol. The van der Waals surface area contributed by atoms with E-state index < -0.39 is 48.6 Å². The van der Waals surface area contributed by atoms with Crippen LogP contribution in [0.25, 0.3) is 0 Å². The van der Waals surface area contributed by atoms with Crippen LogP contribution < -0.4 is 10.2 Å². The molecule has 0 aliphatic carbocycles. The fourth-order valence-electron chi connectivity index (χ4n) is 0.817. The van der Waals surface area contributed by atoms with Gasteiger partial charge in [0.25, 0.3) is 0 Å². The summed E-state index contributed by atoms with van der Waals surface area (Å²) in [6, 6.07) is 0. The first-order chi connectivity index (χ1) is 8.16. The van der Waals surface area contributed by atoms with Gasteiger partial charge in [0.2, 0.25) is 0 Å². The molecule has 0 aromatic carbocycles. The van der Waals surface area contributed by atoms with Crippen molar-refractivity contribution in [1.82, 2.24) is 0 Å². The Bertz CT molecular complexity index is 367. The zero-order chi connectivity index (χ0) is 14.5. The third-order valence-electron chi connectivity index (χ3n) is 1.64. The van der Waals surface area contributed by atoms with E-state index in [4.69, 9.17) is 15.3 Å². The molecule has 0 aliphatic heterocycles. The first-order valence-electron chi connectivity index (χ1n) is 4.37. The zero-order valence-corrected chi connectivity index (χ0v) is 11.6. The Morgan fingerprint density at radius 1 is 1.05 bits per heavy atom. The number of aliphatic hydroxyl groups is 2. The molecule has 3 atom stereocenters. The second kappa shape index (κ2) is 9.04. The molecule has 0 aliphatic rings. The first-order valence-corrected chi connectivity index (χ1v) is 4.37. The maximum absolute atomic E-state index is 11.0. The molecule has 0 heterocycles. The zero-order valence-electron chi connectivity index (χ0n) is 9.35. The van der Waals surface area contributed by atoms with Crippen LogP contribution in [0.1, 0.15) is 6.42 Å². The topological polar surface area (TPSA) is 184 Å². The number of carbonyl (C=O) groups is 4. The number of aliphatic hydroxyl groups excluding tert-OH is 2. The number of aliphatic carboxylic acids is 3. The molecular weight excluding hydrogens is 296 g/mol. The van der Waals surface area contributed by atoms with Gasteiger partial charge in [-0.05, 0) is 0 Å². The number of carboxylic acids is 3. The largest absolute Gasteiger partial charge is 2.00 e. The molecule has 0 rings (SSSR count). The Kier molecular flexibility index (Phi) is 9.70. The van der Waals surface area contributed by atoms with Crippen LogP contribution in [0.3, 0.4) is 0 Å². The molecule has 3 unspecified atom stereocenters. The van der Waals surface area contributed by atoms with Crippen molar-refractivity contribution < 1.29 is 49.4 Å². The molecule has 0 amide bonds. The number of ether oxygens (including phenoxy) is 1. The Morgan fingerprint density at radius 2 is 1.53 bits per heavy atom. The monoisotopic (exact) mass is 304 g/mol. The summed E-state index contributed by atoms with van der Waals surface area (Å²) in [6.07, 6.45) is -8.62. The number of esters is 1. The predicted octanol–water partition coefficient (Wildman–Crippen LogP) is -5.79. The summed E-state index contributed by atoms with van der Waals surface area (Å²) in [7, 11) is 0. The van der Waals surface area contributed by atoms with Gasteiger partial charge in [-0.2, -0.15) is 0 Å². The van der Waals surface area contributed by atoms with Crippen molar-refractivity contribution in [3.8, 4) is 0 Å². The molecule has 0 saturated carbocycles. The molecule has 0 radical (unpaired) electrons. The average molecular weight is 304 g/mol. The van der Waals surface area contributed by atoms with Crippen molar-refractivity contribution in [2.75, 3.05) is 0 Å². The summed E-state index contributed by atoms with van der Waals surface area (Å²) in [5, 5.41) is 46.5. The van der Waals surface area contributed by atoms with Crippen molar-refractivity contribution in [2.24, 2.45) is 0 Å². The minimum absolute atomic E-state index is 0. The van der Waals surface area contributed by atoms with E-state index in [1.165, 1.54) is 0 Å². The Balaban J connectivity index is 0. The molecule has 0 aromatic heterocycles. The molecule has 0 bridgehead atoms. The quantitative estimate of drug-likeness (QED) is 0.302. The van der Waals surface area contributed by atoms with E-state index in [0.717, 1.165) is 0 Å². The minimum Gasteiger partial charge on any atom is -0.547 e. The van der Waals surface area contributed by atoms with E-state index in [1.807, 2.05) is 0 Å². The van der Waals surface area contributed by atoms with Crippen LogP contribution in [-0.4, -0.2) is 95.2 Å². The molecule has 0 fully saturated rings. The number of hydrogen-bond donors (Lipinski definition) is 3. The van der Waals surface area contributed by atoms with E-state index in [2.05, 4.69) is 4.74 Å². The molecule has 0 saturated heterocycles. The maximum atomic E-state index is 11.0. The van der Waals surface area contributed by atoms with Crippen LogP contribution in [0.2, 0.25) is 0 Å². The van der Waals surface area contributed by atoms with Gasteiger partial charge in [-0.15, -0.1) is 0 Å². The summed E-state index contributed by atoms with van der Waals surface area (Å²) < 4.78 is 3.91. The van der Waals surface area contributed by atoms with Crippen LogP contribution in [-0.2, 0) is 23.9 Å². The van der Waals surface area contributed by atoms with Crippen molar-refractivity contribution in [2.45, 2.75) is 24.7 Å². The van der Waals surface area contributed by atoms with Gasteiger partial charge in [0.1, 0.15) is 6.10 Å². The molecule has 19 heavy (non-hydrogen) atoms. The fraction of sp³-hybridized carbons (Fsp3) is 0.500. The van der Waals surface area contributed by atoms with Gasteiger partial charge in [-0.1, -0.05) is 0 Å². The minimum atomic E-state index is -2.71. The Morgan fingerprint density at radius 3 is 1.84 bits per heavy atom. The van der Waals surface area contributed by atoms with Crippen molar-refractivity contribution in [1.29, 1.82) is 0 Å². The third kappa shape index (κ3) is 7.28. The standard InChI is InChI=1S/C8H10O10.Ca/c9-2(1-3(10)11)8(17)18-5(7(15)16)4(12)6(13)14;/h2,4-5,9,12H,1H2,(H,10,11)(H,13,14)(H,15,16);/q;+2/p-2. The van der Waals surface area contributed by atoms with Crippen LogP contribution in [0.15, 0.2) is 0 Å². The van der Waals surface area contributed by atoms with Crippen molar-refractivity contribution >= 4 is 61.6 Å². The summed E-state index contributed by atoms with van der Waals surface area (Å²) in [6.45, 7) is 0. The van der Waals surface area contributed by atoms with Crippen molar-refractivity contribution in [3.05, 3.63) is 0 Å². The van der Waals surface area contributed by atoms with Gasteiger partial charge >= 0.3 is 49.7 Å². The molecule has 102 valence electrons. The maximum Gasteiger partial charge on any atom is 2.00 e. The SMILES string of the molecule is O=C(O)CC(O)C(=O)OC(C(=O)[O-])C(O)C(=O)[O-].[Ca+2]. The van der Waals surface area contributed by atoms with E-state index >= 15 is 0 Å². The Labute approximate surface area is 135 Å². The number of carbonyl (C=O) groups excluding carboxylic acids is 3. The molecule has 0 spiro atoms. The number of hydrogen-bond acceptors (Lipinski definition) is 9.